The first-order chi connectivity index (χ1) is 8.40. The maximum Gasteiger partial charge on any atom is 0.316 e. The van der Waals surface area contributed by atoms with Crippen molar-refractivity contribution in [2.75, 3.05) is 19.7 Å². The smallest absolute Gasteiger partial charge is 0.316 e. The summed E-state index contributed by atoms with van der Waals surface area (Å²) in [5.74, 6) is 0. The molecule has 2 rings (SSSR count). The van der Waals surface area contributed by atoms with Crippen LogP contribution in [0.3, 0.4) is 0 Å². The van der Waals surface area contributed by atoms with E-state index in [0.717, 1.165) is 30.4 Å². The highest BCUT2D eigenvalue weighted by Crippen LogP contribution is 2.12. The molecule has 0 fully saturated rings. The fourth-order valence-electron chi connectivity index (χ4n) is 1.54. The summed E-state index contributed by atoms with van der Waals surface area (Å²) in [6.07, 6.45) is 2.92. The SMILES string of the molecule is CCCNCCOc1ncc2ccccc2n1. The summed E-state index contributed by atoms with van der Waals surface area (Å²) in [4.78, 5) is 8.50. The van der Waals surface area contributed by atoms with Crippen LogP contribution in [0.2, 0.25) is 0 Å². The minimum atomic E-state index is 0.446. The number of rotatable bonds is 6. The molecular formula is C13H17N3O. The Morgan fingerprint density at radius 1 is 1.24 bits per heavy atom. The lowest BCUT2D eigenvalue weighted by molar-refractivity contribution is 0.291. The van der Waals surface area contributed by atoms with E-state index in [1.54, 1.807) is 6.20 Å². The van der Waals surface area contributed by atoms with Gasteiger partial charge in [-0.05, 0) is 19.0 Å². The van der Waals surface area contributed by atoms with Gasteiger partial charge < -0.3 is 10.1 Å². The van der Waals surface area contributed by atoms with E-state index in [4.69, 9.17) is 4.74 Å². The first kappa shape index (κ1) is 11.8. The van der Waals surface area contributed by atoms with Gasteiger partial charge in [0.25, 0.3) is 0 Å². The number of fused-ring (bicyclic) bond motifs is 1. The van der Waals surface area contributed by atoms with Crippen molar-refractivity contribution in [3.63, 3.8) is 0 Å². The van der Waals surface area contributed by atoms with Crippen molar-refractivity contribution >= 4 is 10.9 Å². The lowest BCUT2D eigenvalue weighted by atomic mass is 10.2. The van der Waals surface area contributed by atoms with Crippen LogP contribution in [0.15, 0.2) is 30.5 Å². The normalized spacial score (nSPS) is 10.6. The van der Waals surface area contributed by atoms with Gasteiger partial charge in [0.05, 0.1) is 5.52 Å². The van der Waals surface area contributed by atoms with E-state index in [1.807, 2.05) is 24.3 Å². The Kier molecular flexibility index (Phi) is 4.27. The molecule has 90 valence electrons. The van der Waals surface area contributed by atoms with Gasteiger partial charge in [-0.25, -0.2) is 4.98 Å². The van der Waals surface area contributed by atoms with Crippen LogP contribution in [0, 0.1) is 0 Å². The van der Waals surface area contributed by atoms with Crippen molar-refractivity contribution in [1.29, 1.82) is 0 Å². The Bertz CT molecular complexity index is 473. The monoisotopic (exact) mass is 231 g/mol. The molecule has 4 nitrogen and oxygen atoms in total. The van der Waals surface area contributed by atoms with Gasteiger partial charge in [-0.2, -0.15) is 4.98 Å². The Hall–Kier alpha value is -1.68. The van der Waals surface area contributed by atoms with Gasteiger partial charge >= 0.3 is 6.01 Å². The molecule has 1 heterocycles. The zero-order valence-electron chi connectivity index (χ0n) is 10.0. The summed E-state index contributed by atoms with van der Waals surface area (Å²) in [5.41, 5.74) is 0.916. The molecule has 4 heteroatoms. The van der Waals surface area contributed by atoms with Gasteiger partial charge in [-0.3, -0.25) is 0 Å². The number of aromatic nitrogens is 2. The molecule has 17 heavy (non-hydrogen) atoms. The molecule has 0 saturated heterocycles. The topological polar surface area (TPSA) is 47.0 Å². The molecule has 0 unspecified atom stereocenters. The van der Waals surface area contributed by atoms with E-state index in [-0.39, 0.29) is 0 Å². The fourth-order valence-corrected chi connectivity index (χ4v) is 1.54. The molecule has 1 aromatic carbocycles. The molecule has 0 aliphatic heterocycles. The Balaban J connectivity index is 1.90. The van der Waals surface area contributed by atoms with Crippen molar-refractivity contribution < 1.29 is 4.74 Å². The number of nitrogens with one attached hydrogen (secondary N) is 1. The molecule has 0 aliphatic carbocycles. The predicted octanol–water partition coefficient (Wildman–Crippen LogP) is 2.01. The maximum atomic E-state index is 5.48. The zero-order valence-corrected chi connectivity index (χ0v) is 10.0. The molecule has 0 amide bonds. The number of benzene rings is 1. The number of hydrogen-bond acceptors (Lipinski definition) is 4. The third-order valence-electron chi connectivity index (χ3n) is 2.40. The summed E-state index contributed by atoms with van der Waals surface area (Å²) in [6.45, 7) is 4.57. The van der Waals surface area contributed by atoms with Crippen LogP contribution < -0.4 is 10.1 Å². The third-order valence-corrected chi connectivity index (χ3v) is 2.40. The summed E-state index contributed by atoms with van der Waals surface area (Å²) in [5, 5.41) is 4.29. The molecule has 1 aromatic heterocycles. The van der Waals surface area contributed by atoms with Gasteiger partial charge in [0.2, 0.25) is 0 Å². The highest BCUT2D eigenvalue weighted by molar-refractivity contribution is 5.77. The van der Waals surface area contributed by atoms with Gasteiger partial charge in [0.15, 0.2) is 0 Å². The largest absolute Gasteiger partial charge is 0.462 e. The summed E-state index contributed by atoms with van der Waals surface area (Å²) in [7, 11) is 0. The molecule has 0 saturated carbocycles. The summed E-state index contributed by atoms with van der Waals surface area (Å²) >= 11 is 0. The molecule has 0 radical (unpaired) electrons. The predicted molar refractivity (Wildman–Crippen MR) is 68.2 cm³/mol. The van der Waals surface area contributed by atoms with E-state index in [2.05, 4.69) is 22.2 Å². The second kappa shape index (κ2) is 6.15. The van der Waals surface area contributed by atoms with Gasteiger partial charge in [0, 0.05) is 18.1 Å². The van der Waals surface area contributed by atoms with Crippen LogP contribution >= 0.6 is 0 Å². The first-order valence-electron chi connectivity index (χ1n) is 5.95. The summed E-state index contributed by atoms with van der Waals surface area (Å²) < 4.78 is 5.48. The molecule has 0 bridgehead atoms. The molecular weight excluding hydrogens is 214 g/mol. The minimum absolute atomic E-state index is 0.446. The van der Waals surface area contributed by atoms with Crippen LogP contribution in [0.4, 0.5) is 0 Å². The Morgan fingerprint density at radius 3 is 3.00 bits per heavy atom. The highest BCUT2D eigenvalue weighted by Gasteiger charge is 1.99. The Morgan fingerprint density at radius 2 is 2.12 bits per heavy atom. The van der Waals surface area contributed by atoms with E-state index < -0.39 is 0 Å². The van der Waals surface area contributed by atoms with Crippen molar-refractivity contribution in [3.05, 3.63) is 30.5 Å². The van der Waals surface area contributed by atoms with Crippen LogP contribution in [0.1, 0.15) is 13.3 Å². The van der Waals surface area contributed by atoms with Crippen LogP contribution in [0.25, 0.3) is 10.9 Å². The third kappa shape index (κ3) is 3.39. The van der Waals surface area contributed by atoms with E-state index in [0.29, 0.717) is 12.6 Å². The molecule has 2 aromatic rings. The minimum Gasteiger partial charge on any atom is -0.462 e. The maximum absolute atomic E-state index is 5.48. The second-order valence-electron chi connectivity index (χ2n) is 3.81. The second-order valence-corrected chi connectivity index (χ2v) is 3.81. The van der Waals surface area contributed by atoms with Gasteiger partial charge in [-0.15, -0.1) is 0 Å². The Labute approximate surface area is 101 Å². The fraction of sp³-hybridized carbons (Fsp3) is 0.385. The zero-order chi connectivity index (χ0) is 11.9. The molecule has 0 atom stereocenters. The molecule has 1 N–H and O–H groups in total. The van der Waals surface area contributed by atoms with Crippen LogP contribution in [-0.4, -0.2) is 29.7 Å². The van der Waals surface area contributed by atoms with Gasteiger partial charge in [-0.1, -0.05) is 25.1 Å². The average molecular weight is 231 g/mol. The highest BCUT2D eigenvalue weighted by atomic mass is 16.5. The van der Waals surface area contributed by atoms with Crippen molar-refractivity contribution in [3.8, 4) is 6.01 Å². The number of hydrogen-bond donors (Lipinski definition) is 1. The lowest BCUT2D eigenvalue weighted by Gasteiger charge is -2.05. The van der Waals surface area contributed by atoms with Crippen molar-refractivity contribution in [1.82, 2.24) is 15.3 Å². The first-order valence-corrected chi connectivity index (χ1v) is 5.95. The number of ether oxygens (including phenoxy) is 1. The summed E-state index contributed by atoms with van der Waals surface area (Å²) in [6, 6.07) is 8.33. The van der Waals surface area contributed by atoms with E-state index in [9.17, 15) is 0 Å². The van der Waals surface area contributed by atoms with E-state index >= 15 is 0 Å². The van der Waals surface area contributed by atoms with Gasteiger partial charge in [0.1, 0.15) is 6.61 Å². The van der Waals surface area contributed by atoms with E-state index in [1.165, 1.54) is 0 Å². The standard InChI is InChI=1S/C13H17N3O/c1-2-7-14-8-9-17-13-15-10-11-5-3-4-6-12(11)16-13/h3-6,10,14H,2,7-9H2,1H3. The molecule has 0 spiro atoms. The quantitative estimate of drug-likeness (QED) is 0.772. The number of nitrogens with zero attached hydrogens (tertiary/aromatic N) is 2. The lowest BCUT2D eigenvalue weighted by Crippen LogP contribution is -2.22. The molecule has 0 aliphatic rings. The van der Waals surface area contributed by atoms with Crippen molar-refractivity contribution in [2.45, 2.75) is 13.3 Å². The van der Waals surface area contributed by atoms with Crippen LogP contribution in [0.5, 0.6) is 6.01 Å². The van der Waals surface area contributed by atoms with Crippen LogP contribution in [-0.2, 0) is 0 Å². The van der Waals surface area contributed by atoms with Crippen molar-refractivity contribution in [2.24, 2.45) is 0 Å². The number of para-hydroxylation sites is 1. The average Bonchev–Trinajstić information content (AvgIpc) is 2.38.